The number of hydrogen-bond donors (Lipinski definition) is 0. The van der Waals surface area contributed by atoms with Crippen molar-refractivity contribution >= 4 is 86.0 Å². The molecule has 0 saturated carbocycles. The number of hydrogen-bond acceptors (Lipinski definition) is 4. The van der Waals surface area contributed by atoms with Gasteiger partial charge in [-0.3, -0.25) is 14.5 Å². The van der Waals surface area contributed by atoms with Gasteiger partial charge in [0, 0.05) is 58.0 Å². The summed E-state index contributed by atoms with van der Waals surface area (Å²) in [6, 6.07) is 28.8. The van der Waals surface area contributed by atoms with Crippen molar-refractivity contribution in [3.8, 4) is 0 Å². The molecule has 0 aliphatic carbocycles. The molecule has 3 heterocycles. The van der Waals surface area contributed by atoms with E-state index >= 15 is 0 Å². The van der Waals surface area contributed by atoms with Crippen LogP contribution in [0.15, 0.2) is 84.9 Å². The molecule has 5 heteroatoms. The van der Waals surface area contributed by atoms with Gasteiger partial charge in [-0.2, -0.15) is 0 Å². The van der Waals surface area contributed by atoms with Crippen LogP contribution in [0.5, 0.6) is 0 Å². The molecule has 6 aromatic rings. The topological polar surface area (TPSA) is 37.4 Å². The summed E-state index contributed by atoms with van der Waals surface area (Å²) < 4.78 is 4.45. The van der Waals surface area contributed by atoms with Gasteiger partial charge in [-0.05, 0) is 18.6 Å². The molecular weight excluding hydrogens is 482 g/mol. The first-order chi connectivity index (χ1) is 17.7. The van der Waals surface area contributed by atoms with E-state index in [1.54, 1.807) is 22.7 Å². The summed E-state index contributed by atoms with van der Waals surface area (Å²) in [5.74, 6) is -0.389. The molecule has 1 aliphatic rings. The molecule has 0 spiro atoms. The zero-order valence-electron chi connectivity index (χ0n) is 19.6. The lowest BCUT2D eigenvalue weighted by Crippen LogP contribution is -2.32. The molecule has 0 atom stereocenters. The SMILES string of the molecule is CCCN1C(=O)C(c2cccc3c2sc2ccccc23)=C(c2cccc3c2sc2ccccc23)C1=O. The molecule has 0 fully saturated rings. The lowest BCUT2D eigenvalue weighted by Gasteiger charge is -2.13. The molecule has 1 aliphatic heterocycles. The van der Waals surface area contributed by atoms with Gasteiger partial charge in [-0.15, -0.1) is 22.7 Å². The maximum absolute atomic E-state index is 13.9. The second kappa shape index (κ2) is 8.12. The molecule has 2 amide bonds. The fourth-order valence-electron chi connectivity index (χ4n) is 5.39. The maximum Gasteiger partial charge on any atom is 0.262 e. The van der Waals surface area contributed by atoms with Crippen LogP contribution in [0.25, 0.3) is 51.5 Å². The lowest BCUT2D eigenvalue weighted by molar-refractivity contribution is -0.136. The zero-order valence-corrected chi connectivity index (χ0v) is 21.2. The summed E-state index contributed by atoms with van der Waals surface area (Å²) in [5, 5.41) is 4.59. The van der Waals surface area contributed by atoms with Crippen LogP contribution in [0.2, 0.25) is 0 Å². The molecule has 174 valence electrons. The Bertz CT molecular complexity index is 1770. The highest BCUT2D eigenvalue weighted by molar-refractivity contribution is 7.26. The van der Waals surface area contributed by atoms with Crippen molar-refractivity contribution in [2.45, 2.75) is 13.3 Å². The Morgan fingerprint density at radius 1 is 0.583 bits per heavy atom. The van der Waals surface area contributed by atoms with E-state index in [1.165, 1.54) is 25.1 Å². The number of imide groups is 1. The zero-order chi connectivity index (χ0) is 24.4. The van der Waals surface area contributed by atoms with E-state index < -0.39 is 0 Å². The van der Waals surface area contributed by atoms with Gasteiger partial charge >= 0.3 is 0 Å². The van der Waals surface area contributed by atoms with Crippen LogP contribution in [0.4, 0.5) is 0 Å². The minimum atomic E-state index is -0.195. The Morgan fingerprint density at radius 2 is 1.03 bits per heavy atom. The van der Waals surface area contributed by atoms with Crippen molar-refractivity contribution in [2.75, 3.05) is 6.54 Å². The van der Waals surface area contributed by atoms with Crippen molar-refractivity contribution in [2.24, 2.45) is 0 Å². The summed E-state index contributed by atoms with van der Waals surface area (Å²) in [6.45, 7) is 2.41. The van der Waals surface area contributed by atoms with Gasteiger partial charge in [-0.25, -0.2) is 0 Å². The Balaban J connectivity index is 1.58. The third-order valence-electron chi connectivity index (χ3n) is 6.96. The predicted octanol–water partition coefficient (Wildman–Crippen LogP) is 8.11. The molecule has 36 heavy (non-hydrogen) atoms. The fourth-order valence-corrected chi connectivity index (χ4v) is 7.84. The quantitative estimate of drug-likeness (QED) is 0.228. The van der Waals surface area contributed by atoms with Crippen LogP contribution in [-0.4, -0.2) is 23.3 Å². The Morgan fingerprint density at radius 3 is 1.50 bits per heavy atom. The van der Waals surface area contributed by atoms with E-state index in [0.29, 0.717) is 17.7 Å². The van der Waals surface area contributed by atoms with E-state index in [4.69, 9.17) is 0 Å². The number of amides is 2. The molecule has 2 aromatic heterocycles. The Hall–Kier alpha value is -3.80. The number of fused-ring (bicyclic) bond motifs is 6. The summed E-state index contributed by atoms with van der Waals surface area (Å²) in [6.07, 6.45) is 0.720. The molecule has 0 N–H and O–H groups in total. The third kappa shape index (κ3) is 2.96. The van der Waals surface area contributed by atoms with Crippen LogP contribution in [0.3, 0.4) is 0 Å². The molecule has 4 aromatic carbocycles. The fraction of sp³-hybridized carbons (Fsp3) is 0.0968. The maximum atomic E-state index is 13.9. The minimum Gasteiger partial charge on any atom is -0.274 e. The van der Waals surface area contributed by atoms with Crippen molar-refractivity contribution < 1.29 is 9.59 Å². The number of nitrogens with zero attached hydrogens (tertiary/aromatic N) is 1. The van der Waals surface area contributed by atoms with Crippen molar-refractivity contribution in [1.29, 1.82) is 0 Å². The van der Waals surface area contributed by atoms with Crippen LogP contribution in [0.1, 0.15) is 24.5 Å². The van der Waals surface area contributed by atoms with E-state index in [9.17, 15) is 9.59 Å². The molecule has 0 saturated heterocycles. The summed E-state index contributed by atoms with van der Waals surface area (Å²) in [7, 11) is 0. The normalized spacial score (nSPS) is 14.4. The highest BCUT2D eigenvalue weighted by Gasteiger charge is 2.40. The molecule has 0 bridgehead atoms. The Labute approximate surface area is 215 Å². The molecule has 0 unspecified atom stereocenters. The van der Waals surface area contributed by atoms with Gasteiger partial charge in [0.2, 0.25) is 0 Å². The van der Waals surface area contributed by atoms with Gasteiger partial charge in [0.25, 0.3) is 11.8 Å². The van der Waals surface area contributed by atoms with Crippen LogP contribution in [-0.2, 0) is 9.59 Å². The predicted molar refractivity (Wildman–Crippen MR) is 152 cm³/mol. The Kier molecular flexibility index (Phi) is 4.84. The van der Waals surface area contributed by atoms with E-state index in [0.717, 1.165) is 37.7 Å². The molecule has 3 nitrogen and oxygen atoms in total. The second-order valence-corrected chi connectivity index (χ2v) is 11.2. The first-order valence-corrected chi connectivity index (χ1v) is 13.7. The van der Waals surface area contributed by atoms with Crippen molar-refractivity contribution in [1.82, 2.24) is 4.90 Å². The van der Waals surface area contributed by atoms with Gasteiger partial charge in [0.15, 0.2) is 0 Å². The average Bonchev–Trinajstić information content (AvgIpc) is 3.55. The van der Waals surface area contributed by atoms with Gasteiger partial charge in [-0.1, -0.05) is 79.7 Å². The average molecular weight is 504 g/mol. The summed E-state index contributed by atoms with van der Waals surface area (Å²) in [4.78, 5) is 29.3. The van der Waals surface area contributed by atoms with Crippen molar-refractivity contribution in [3.63, 3.8) is 0 Å². The summed E-state index contributed by atoms with van der Waals surface area (Å²) in [5.41, 5.74) is 2.74. The van der Waals surface area contributed by atoms with Crippen LogP contribution >= 0.6 is 22.7 Å². The number of thiophene rings is 2. The highest BCUT2D eigenvalue weighted by Crippen LogP contribution is 2.46. The molecule has 7 rings (SSSR count). The largest absolute Gasteiger partial charge is 0.274 e. The number of rotatable bonds is 4. The minimum absolute atomic E-state index is 0.195. The second-order valence-electron chi connectivity index (χ2n) is 9.07. The van der Waals surface area contributed by atoms with Crippen molar-refractivity contribution in [3.05, 3.63) is 96.1 Å². The first kappa shape index (κ1) is 21.5. The number of carbonyl (C=O) groups excluding carboxylic acids is 2. The molecular formula is C31H21NO2S2. The number of benzene rings is 4. The standard InChI is InChI=1S/C31H21NO2S2/c1-2-17-32-30(33)26(22-13-7-11-20-18-9-3-5-15-24(18)35-28(20)22)27(31(32)34)23-14-8-12-21-19-10-4-6-16-25(19)36-29(21)23/h3-16H,2,17H2,1H3. The van der Waals surface area contributed by atoms with E-state index in [2.05, 4.69) is 36.4 Å². The summed E-state index contributed by atoms with van der Waals surface area (Å²) >= 11 is 3.37. The smallest absolute Gasteiger partial charge is 0.262 e. The van der Waals surface area contributed by atoms with Gasteiger partial charge in [0.1, 0.15) is 0 Å². The van der Waals surface area contributed by atoms with E-state index in [1.807, 2.05) is 55.5 Å². The lowest BCUT2D eigenvalue weighted by atomic mass is 9.94. The third-order valence-corrected chi connectivity index (χ3v) is 9.40. The first-order valence-electron chi connectivity index (χ1n) is 12.1. The van der Waals surface area contributed by atoms with Gasteiger partial charge < -0.3 is 0 Å². The van der Waals surface area contributed by atoms with E-state index in [-0.39, 0.29) is 11.8 Å². The van der Waals surface area contributed by atoms with Crippen LogP contribution in [0, 0.1) is 0 Å². The monoisotopic (exact) mass is 503 g/mol. The number of carbonyl (C=O) groups is 2. The highest BCUT2D eigenvalue weighted by atomic mass is 32.1. The van der Waals surface area contributed by atoms with Crippen LogP contribution < -0.4 is 0 Å². The van der Waals surface area contributed by atoms with Gasteiger partial charge in [0.05, 0.1) is 11.1 Å². The molecule has 0 radical (unpaired) electrons.